The van der Waals surface area contributed by atoms with Crippen LogP contribution in [0.2, 0.25) is 10.0 Å². The van der Waals surface area contributed by atoms with Gasteiger partial charge < -0.3 is 14.8 Å². The third kappa shape index (κ3) is 5.79. The fraction of sp³-hybridized carbons (Fsp3) is 0.308. The predicted molar refractivity (Wildman–Crippen MR) is 80.1 cm³/mol. The Hall–Kier alpha value is -1.99. The van der Waals surface area contributed by atoms with Crippen LogP contribution >= 0.6 is 23.2 Å². The molecule has 0 spiro atoms. The topological polar surface area (TPSA) is 93.7 Å². The summed E-state index contributed by atoms with van der Waals surface area (Å²) < 4.78 is 9.98. The number of nitrogens with one attached hydrogen (secondary N) is 2. The summed E-state index contributed by atoms with van der Waals surface area (Å²) in [4.78, 5) is 34.0. The maximum absolute atomic E-state index is 11.6. The summed E-state index contributed by atoms with van der Waals surface area (Å²) in [5.74, 6) is -1.28. The number of hydrogen-bond acceptors (Lipinski definition) is 5. The summed E-state index contributed by atoms with van der Waals surface area (Å²) in [6.07, 6.45) is -1.14. The van der Waals surface area contributed by atoms with Gasteiger partial charge in [0.15, 0.2) is 12.7 Å². The molecule has 9 heteroatoms. The fourth-order valence-electron chi connectivity index (χ4n) is 1.29. The fourth-order valence-corrected chi connectivity index (χ4v) is 1.75. The molecule has 0 radical (unpaired) electrons. The first-order chi connectivity index (χ1) is 10.3. The quantitative estimate of drug-likeness (QED) is 0.790. The van der Waals surface area contributed by atoms with E-state index in [1.54, 1.807) is 6.07 Å². The van der Waals surface area contributed by atoms with Crippen LogP contribution in [0.3, 0.4) is 0 Å². The van der Waals surface area contributed by atoms with Gasteiger partial charge in [0, 0.05) is 12.1 Å². The van der Waals surface area contributed by atoms with Crippen molar-refractivity contribution in [3.05, 3.63) is 28.2 Å². The molecule has 1 aromatic rings. The van der Waals surface area contributed by atoms with Crippen LogP contribution in [0.4, 0.5) is 4.79 Å². The first kappa shape index (κ1) is 18.1. The highest BCUT2D eigenvalue weighted by molar-refractivity contribution is 6.35. The molecule has 0 unspecified atom stereocenters. The minimum absolute atomic E-state index is 0.241. The molecular weight excluding hydrogens is 335 g/mol. The van der Waals surface area contributed by atoms with Crippen LogP contribution < -0.4 is 15.4 Å². The molecule has 120 valence electrons. The molecule has 0 heterocycles. The van der Waals surface area contributed by atoms with Gasteiger partial charge in [-0.3, -0.25) is 10.1 Å². The average Bonchev–Trinajstić information content (AvgIpc) is 2.45. The lowest BCUT2D eigenvalue weighted by Gasteiger charge is -2.13. The van der Waals surface area contributed by atoms with E-state index in [1.807, 2.05) is 5.32 Å². The lowest BCUT2D eigenvalue weighted by atomic mass is 10.3. The summed E-state index contributed by atoms with van der Waals surface area (Å²) >= 11 is 11.6. The molecule has 22 heavy (non-hydrogen) atoms. The first-order valence-electron chi connectivity index (χ1n) is 6.13. The number of esters is 1. The average molecular weight is 349 g/mol. The van der Waals surface area contributed by atoms with Crippen molar-refractivity contribution in [3.63, 3.8) is 0 Å². The zero-order chi connectivity index (χ0) is 16.7. The molecule has 0 saturated heterocycles. The number of benzene rings is 1. The highest BCUT2D eigenvalue weighted by Crippen LogP contribution is 2.27. The molecule has 0 aliphatic heterocycles. The maximum Gasteiger partial charge on any atom is 0.344 e. The van der Waals surface area contributed by atoms with Crippen molar-refractivity contribution in [2.45, 2.75) is 13.0 Å². The van der Waals surface area contributed by atoms with Crippen molar-refractivity contribution in [3.8, 4) is 5.75 Å². The Morgan fingerprint density at radius 2 is 1.95 bits per heavy atom. The number of ether oxygens (including phenoxy) is 2. The molecule has 0 saturated carbocycles. The summed E-state index contributed by atoms with van der Waals surface area (Å²) in [6, 6.07) is 3.81. The number of urea groups is 1. The van der Waals surface area contributed by atoms with Crippen LogP contribution in [-0.4, -0.2) is 37.7 Å². The van der Waals surface area contributed by atoms with Crippen molar-refractivity contribution >= 4 is 41.1 Å². The molecule has 2 N–H and O–H groups in total. The molecule has 7 nitrogen and oxygen atoms in total. The SMILES string of the molecule is CNC(=O)NC(=O)[C@@H](C)OC(=O)COc1ccc(Cl)cc1Cl. The van der Waals surface area contributed by atoms with Crippen LogP contribution in [0, 0.1) is 0 Å². The Morgan fingerprint density at radius 1 is 1.27 bits per heavy atom. The van der Waals surface area contributed by atoms with Gasteiger partial charge in [0.05, 0.1) is 5.02 Å². The second kappa shape index (κ2) is 8.45. The van der Waals surface area contributed by atoms with Crippen LogP contribution in [0.25, 0.3) is 0 Å². The lowest BCUT2D eigenvalue weighted by Crippen LogP contribution is -2.43. The van der Waals surface area contributed by atoms with E-state index in [4.69, 9.17) is 32.7 Å². The Morgan fingerprint density at radius 3 is 2.55 bits per heavy atom. The van der Waals surface area contributed by atoms with Crippen molar-refractivity contribution in [2.24, 2.45) is 0 Å². The molecule has 3 amide bonds. The molecule has 0 aliphatic carbocycles. The number of halogens is 2. The Kier molecular flexibility index (Phi) is 6.94. The molecule has 0 aliphatic rings. The van der Waals surface area contributed by atoms with Crippen LogP contribution in [0.5, 0.6) is 5.75 Å². The third-order valence-corrected chi connectivity index (χ3v) is 2.91. The monoisotopic (exact) mass is 348 g/mol. The zero-order valence-corrected chi connectivity index (χ0v) is 13.3. The van der Waals surface area contributed by atoms with E-state index in [0.29, 0.717) is 5.02 Å². The number of carbonyl (C=O) groups is 3. The highest BCUT2D eigenvalue weighted by Gasteiger charge is 2.20. The molecule has 0 fully saturated rings. The minimum Gasteiger partial charge on any atom is -0.480 e. The second-order valence-corrected chi connectivity index (χ2v) is 4.91. The van der Waals surface area contributed by atoms with E-state index in [0.717, 1.165) is 0 Å². The van der Waals surface area contributed by atoms with Gasteiger partial charge in [-0.05, 0) is 25.1 Å². The molecule has 0 bridgehead atoms. The molecule has 1 rings (SSSR count). The van der Waals surface area contributed by atoms with Crippen LogP contribution in [0.1, 0.15) is 6.92 Å². The smallest absolute Gasteiger partial charge is 0.344 e. The molecular formula is C13H14Cl2N2O5. The lowest BCUT2D eigenvalue weighted by molar-refractivity contribution is -0.156. The zero-order valence-electron chi connectivity index (χ0n) is 11.8. The van der Waals surface area contributed by atoms with Gasteiger partial charge >= 0.3 is 12.0 Å². The molecule has 0 aromatic heterocycles. The van der Waals surface area contributed by atoms with E-state index < -0.39 is 30.6 Å². The van der Waals surface area contributed by atoms with E-state index in [9.17, 15) is 14.4 Å². The first-order valence-corrected chi connectivity index (χ1v) is 6.89. The van der Waals surface area contributed by atoms with Crippen molar-refractivity contribution in [2.75, 3.05) is 13.7 Å². The van der Waals surface area contributed by atoms with Gasteiger partial charge in [-0.15, -0.1) is 0 Å². The van der Waals surface area contributed by atoms with Gasteiger partial charge in [-0.25, -0.2) is 9.59 Å². The van der Waals surface area contributed by atoms with Crippen molar-refractivity contribution in [1.82, 2.24) is 10.6 Å². The number of imide groups is 1. The summed E-state index contributed by atoms with van der Waals surface area (Å²) in [5, 5.41) is 4.85. The third-order valence-electron chi connectivity index (χ3n) is 2.38. The summed E-state index contributed by atoms with van der Waals surface area (Å²) in [7, 11) is 1.35. The summed E-state index contributed by atoms with van der Waals surface area (Å²) in [5.41, 5.74) is 0. The number of rotatable bonds is 5. The number of amides is 3. The number of carbonyl (C=O) groups excluding carboxylic acids is 3. The molecule has 1 atom stereocenters. The van der Waals surface area contributed by atoms with Gasteiger partial charge in [-0.2, -0.15) is 0 Å². The van der Waals surface area contributed by atoms with Gasteiger partial charge in [0.25, 0.3) is 5.91 Å². The van der Waals surface area contributed by atoms with Crippen LogP contribution in [0.15, 0.2) is 18.2 Å². The second-order valence-electron chi connectivity index (χ2n) is 4.06. The predicted octanol–water partition coefficient (Wildman–Crippen LogP) is 1.76. The van der Waals surface area contributed by atoms with Gasteiger partial charge in [0.1, 0.15) is 5.75 Å². The van der Waals surface area contributed by atoms with E-state index in [2.05, 4.69) is 5.32 Å². The Balaban J connectivity index is 2.45. The Labute approximate surface area is 136 Å². The number of hydrogen-bond donors (Lipinski definition) is 2. The highest BCUT2D eigenvalue weighted by atomic mass is 35.5. The molecule has 1 aromatic carbocycles. The minimum atomic E-state index is -1.14. The standard InChI is InChI=1S/C13H14Cl2N2O5/c1-7(12(19)17-13(20)16-2)22-11(18)6-21-10-4-3-8(14)5-9(10)15/h3-5,7H,6H2,1-2H3,(H2,16,17,19,20)/t7-/m1/s1. The van der Waals surface area contributed by atoms with Crippen molar-refractivity contribution in [1.29, 1.82) is 0 Å². The van der Waals surface area contributed by atoms with E-state index >= 15 is 0 Å². The Bertz CT molecular complexity index is 580. The van der Waals surface area contributed by atoms with Gasteiger partial charge in [-0.1, -0.05) is 23.2 Å². The van der Waals surface area contributed by atoms with E-state index in [-0.39, 0.29) is 10.8 Å². The van der Waals surface area contributed by atoms with E-state index in [1.165, 1.54) is 26.1 Å². The van der Waals surface area contributed by atoms with Crippen molar-refractivity contribution < 1.29 is 23.9 Å². The normalized spacial score (nSPS) is 11.3. The van der Waals surface area contributed by atoms with Gasteiger partial charge in [0.2, 0.25) is 0 Å². The van der Waals surface area contributed by atoms with Crippen LogP contribution in [-0.2, 0) is 14.3 Å². The largest absolute Gasteiger partial charge is 0.480 e. The maximum atomic E-state index is 11.6. The summed E-state index contributed by atoms with van der Waals surface area (Å²) in [6.45, 7) is 0.879.